The molecule has 0 amide bonds. The molecule has 4 heteroatoms. The number of hydrogen-bond acceptors (Lipinski definition) is 1. The Kier molecular flexibility index (Phi) is 3.97. The van der Waals surface area contributed by atoms with E-state index in [-0.39, 0.29) is 11.6 Å². The summed E-state index contributed by atoms with van der Waals surface area (Å²) >= 11 is 3.29. The van der Waals surface area contributed by atoms with E-state index in [4.69, 9.17) is 0 Å². The van der Waals surface area contributed by atoms with Crippen molar-refractivity contribution < 1.29 is 8.78 Å². The highest BCUT2D eigenvalue weighted by Crippen LogP contribution is 2.20. The number of nitrogens with one attached hydrogen (secondary N) is 1. The lowest BCUT2D eigenvalue weighted by atomic mass is 10.2. The van der Waals surface area contributed by atoms with Gasteiger partial charge in [0.1, 0.15) is 11.6 Å². The number of anilines is 1. The van der Waals surface area contributed by atoms with E-state index in [9.17, 15) is 8.78 Å². The average Bonchev–Trinajstić information content (AvgIpc) is 2.32. The van der Waals surface area contributed by atoms with Gasteiger partial charge >= 0.3 is 0 Å². The minimum absolute atomic E-state index is 0.238. The first-order valence-electron chi connectivity index (χ1n) is 5.50. The van der Waals surface area contributed by atoms with Crippen LogP contribution in [0, 0.1) is 18.6 Å². The molecule has 0 saturated heterocycles. The molecule has 0 aliphatic carbocycles. The van der Waals surface area contributed by atoms with Gasteiger partial charge in [-0.15, -0.1) is 0 Å². The Bertz CT molecular complexity index is 570. The first-order chi connectivity index (χ1) is 8.56. The number of benzene rings is 2. The van der Waals surface area contributed by atoms with Crippen molar-refractivity contribution in [2.24, 2.45) is 0 Å². The molecule has 0 fully saturated rings. The third-order valence-electron chi connectivity index (χ3n) is 2.67. The zero-order valence-corrected chi connectivity index (χ0v) is 11.4. The summed E-state index contributed by atoms with van der Waals surface area (Å²) in [7, 11) is 0. The van der Waals surface area contributed by atoms with Gasteiger partial charge in [0, 0.05) is 16.7 Å². The van der Waals surface area contributed by atoms with E-state index >= 15 is 0 Å². The van der Waals surface area contributed by atoms with Gasteiger partial charge < -0.3 is 5.32 Å². The topological polar surface area (TPSA) is 12.0 Å². The molecule has 0 unspecified atom stereocenters. The van der Waals surface area contributed by atoms with E-state index in [0.29, 0.717) is 22.3 Å². The zero-order chi connectivity index (χ0) is 13.1. The summed E-state index contributed by atoms with van der Waals surface area (Å²) in [6.07, 6.45) is 0. The summed E-state index contributed by atoms with van der Waals surface area (Å²) in [5, 5.41) is 3.10. The number of rotatable bonds is 3. The van der Waals surface area contributed by atoms with Crippen molar-refractivity contribution in [1.29, 1.82) is 0 Å². The monoisotopic (exact) mass is 311 g/mol. The van der Waals surface area contributed by atoms with Crippen LogP contribution >= 0.6 is 15.9 Å². The van der Waals surface area contributed by atoms with Crippen molar-refractivity contribution in [3.63, 3.8) is 0 Å². The number of aryl methyl sites for hydroxylation is 1. The normalized spacial score (nSPS) is 10.4. The fourth-order valence-corrected chi connectivity index (χ4v) is 2.06. The summed E-state index contributed by atoms with van der Waals surface area (Å²) in [6.45, 7) is 2.22. The van der Waals surface area contributed by atoms with Crippen molar-refractivity contribution in [2.45, 2.75) is 13.5 Å². The van der Waals surface area contributed by atoms with E-state index in [1.54, 1.807) is 19.1 Å². The molecule has 94 valence electrons. The largest absolute Gasteiger partial charge is 0.381 e. The molecule has 0 aliphatic rings. The third-order valence-corrected chi connectivity index (χ3v) is 3.41. The van der Waals surface area contributed by atoms with Crippen LogP contribution in [0.15, 0.2) is 40.9 Å². The highest BCUT2D eigenvalue weighted by molar-refractivity contribution is 9.10. The van der Waals surface area contributed by atoms with Gasteiger partial charge in [-0.05, 0) is 42.3 Å². The predicted octanol–water partition coefficient (Wildman–Crippen LogP) is 4.65. The Hall–Kier alpha value is -1.42. The first kappa shape index (κ1) is 13.0. The molecule has 0 bridgehead atoms. The maximum Gasteiger partial charge on any atom is 0.128 e. The van der Waals surface area contributed by atoms with E-state index in [1.807, 2.05) is 6.07 Å². The second-order valence-electron chi connectivity index (χ2n) is 4.05. The molecule has 0 aromatic heterocycles. The Balaban J connectivity index is 2.09. The molecule has 2 rings (SSSR count). The molecule has 2 aromatic rings. The molecule has 1 N–H and O–H groups in total. The predicted molar refractivity (Wildman–Crippen MR) is 72.6 cm³/mol. The van der Waals surface area contributed by atoms with Crippen molar-refractivity contribution >= 4 is 21.6 Å². The lowest BCUT2D eigenvalue weighted by Crippen LogP contribution is -2.01. The maximum atomic E-state index is 13.3. The minimum Gasteiger partial charge on any atom is -0.381 e. The van der Waals surface area contributed by atoms with Gasteiger partial charge in [0.25, 0.3) is 0 Å². The van der Waals surface area contributed by atoms with Crippen LogP contribution in [0.2, 0.25) is 0 Å². The van der Waals surface area contributed by atoms with Gasteiger partial charge in [-0.2, -0.15) is 0 Å². The first-order valence-corrected chi connectivity index (χ1v) is 6.29. The van der Waals surface area contributed by atoms with Gasteiger partial charge in [0.15, 0.2) is 0 Å². The summed E-state index contributed by atoms with van der Waals surface area (Å²) < 4.78 is 26.9. The van der Waals surface area contributed by atoms with Gasteiger partial charge in [0.2, 0.25) is 0 Å². The molecule has 0 spiro atoms. The van der Waals surface area contributed by atoms with Gasteiger partial charge in [-0.3, -0.25) is 0 Å². The molecule has 0 aliphatic heterocycles. The highest BCUT2D eigenvalue weighted by Gasteiger charge is 2.03. The number of halogens is 3. The quantitative estimate of drug-likeness (QED) is 0.870. The second kappa shape index (κ2) is 5.48. The standard InChI is InChI=1S/C14H12BrF2N/c1-9-2-5-12(7-14(9)17)18-8-10-3-4-11(16)6-13(10)15/h2-7,18H,8H2,1H3. The van der Waals surface area contributed by atoms with Crippen LogP contribution in [-0.2, 0) is 6.54 Å². The van der Waals surface area contributed by atoms with Crippen LogP contribution in [-0.4, -0.2) is 0 Å². The maximum absolute atomic E-state index is 13.3. The van der Waals surface area contributed by atoms with Crippen LogP contribution in [0.5, 0.6) is 0 Å². The SMILES string of the molecule is Cc1ccc(NCc2ccc(F)cc2Br)cc1F. The van der Waals surface area contributed by atoms with E-state index in [2.05, 4.69) is 21.2 Å². The van der Waals surface area contributed by atoms with Gasteiger partial charge in [-0.1, -0.05) is 28.1 Å². The Morgan fingerprint density at radius 2 is 1.89 bits per heavy atom. The van der Waals surface area contributed by atoms with Gasteiger partial charge in [0.05, 0.1) is 0 Å². The summed E-state index contributed by atoms with van der Waals surface area (Å²) in [6, 6.07) is 9.49. The van der Waals surface area contributed by atoms with Crippen LogP contribution in [0.4, 0.5) is 14.5 Å². The fourth-order valence-electron chi connectivity index (χ4n) is 1.57. The Labute approximate surface area is 113 Å². The van der Waals surface area contributed by atoms with Crippen LogP contribution in [0.1, 0.15) is 11.1 Å². The second-order valence-corrected chi connectivity index (χ2v) is 4.91. The molecule has 0 heterocycles. The van der Waals surface area contributed by atoms with E-state index in [0.717, 1.165) is 5.56 Å². The van der Waals surface area contributed by atoms with Crippen LogP contribution in [0.3, 0.4) is 0 Å². The van der Waals surface area contributed by atoms with Crippen molar-refractivity contribution in [1.82, 2.24) is 0 Å². The summed E-state index contributed by atoms with van der Waals surface area (Å²) in [5.74, 6) is -0.523. The van der Waals surface area contributed by atoms with Gasteiger partial charge in [-0.25, -0.2) is 8.78 Å². The van der Waals surface area contributed by atoms with Crippen LogP contribution in [0.25, 0.3) is 0 Å². The fraction of sp³-hybridized carbons (Fsp3) is 0.143. The molecular weight excluding hydrogens is 300 g/mol. The van der Waals surface area contributed by atoms with Crippen molar-refractivity contribution in [2.75, 3.05) is 5.32 Å². The minimum atomic E-state index is -0.285. The Morgan fingerprint density at radius 3 is 2.56 bits per heavy atom. The molecular formula is C14H12BrF2N. The lowest BCUT2D eigenvalue weighted by molar-refractivity contribution is 0.619. The Morgan fingerprint density at radius 1 is 1.11 bits per heavy atom. The molecule has 0 radical (unpaired) electrons. The van der Waals surface area contributed by atoms with Crippen LogP contribution < -0.4 is 5.32 Å². The number of hydrogen-bond donors (Lipinski definition) is 1. The zero-order valence-electron chi connectivity index (χ0n) is 9.81. The summed E-state index contributed by atoms with van der Waals surface area (Å²) in [5.41, 5.74) is 2.23. The van der Waals surface area contributed by atoms with Crippen molar-refractivity contribution in [3.8, 4) is 0 Å². The summed E-state index contributed by atoms with van der Waals surface area (Å²) in [4.78, 5) is 0. The molecule has 2 aromatic carbocycles. The molecule has 0 saturated carbocycles. The third kappa shape index (κ3) is 3.07. The van der Waals surface area contributed by atoms with Crippen molar-refractivity contribution in [3.05, 3.63) is 63.6 Å². The smallest absolute Gasteiger partial charge is 0.128 e. The van der Waals surface area contributed by atoms with E-state index < -0.39 is 0 Å². The molecule has 1 nitrogen and oxygen atoms in total. The lowest BCUT2D eigenvalue weighted by Gasteiger charge is -2.09. The molecule has 0 atom stereocenters. The van der Waals surface area contributed by atoms with E-state index in [1.165, 1.54) is 18.2 Å². The molecule has 18 heavy (non-hydrogen) atoms. The highest BCUT2D eigenvalue weighted by atomic mass is 79.9. The average molecular weight is 312 g/mol.